The fraction of sp³-hybridized carbons (Fsp3) is 0.378. The minimum atomic E-state index is -4.61. The zero-order valence-corrected chi connectivity index (χ0v) is 27.8. The highest BCUT2D eigenvalue weighted by Crippen LogP contribution is 2.40. The maximum absolute atomic E-state index is 14.3. The molecule has 0 radical (unpaired) electrons. The van der Waals surface area contributed by atoms with Crippen LogP contribution in [-0.2, 0) is 29.2 Å². The molecule has 1 aliphatic carbocycles. The number of carbonyl (C=O) groups excluding carboxylic acids is 2. The van der Waals surface area contributed by atoms with Crippen molar-refractivity contribution in [1.82, 2.24) is 24.8 Å². The van der Waals surface area contributed by atoms with Crippen molar-refractivity contribution < 1.29 is 22.8 Å². The molecule has 9 nitrogen and oxygen atoms in total. The number of piperidine rings is 1. The van der Waals surface area contributed by atoms with Gasteiger partial charge < -0.3 is 20.1 Å². The monoisotopic (exact) mass is 671 g/mol. The minimum absolute atomic E-state index is 0.0278. The van der Waals surface area contributed by atoms with Gasteiger partial charge in [0.1, 0.15) is 0 Å². The number of pyridine rings is 1. The number of aromatic nitrogens is 4. The Kier molecular flexibility index (Phi) is 9.84. The van der Waals surface area contributed by atoms with Crippen LogP contribution in [0.4, 0.5) is 24.5 Å². The van der Waals surface area contributed by atoms with Gasteiger partial charge in [-0.3, -0.25) is 14.6 Å². The molecule has 4 aromatic rings. The summed E-state index contributed by atoms with van der Waals surface area (Å²) in [6, 6.07) is 9.68. The van der Waals surface area contributed by atoms with Crippen LogP contribution in [0.5, 0.6) is 0 Å². The van der Waals surface area contributed by atoms with Crippen LogP contribution < -0.4 is 15.5 Å². The van der Waals surface area contributed by atoms with Crippen LogP contribution >= 0.6 is 0 Å². The maximum Gasteiger partial charge on any atom is 0.418 e. The van der Waals surface area contributed by atoms with Gasteiger partial charge in [0, 0.05) is 74.2 Å². The first-order valence-electron chi connectivity index (χ1n) is 16.6. The average molecular weight is 672 g/mol. The van der Waals surface area contributed by atoms with Crippen molar-refractivity contribution in [2.24, 2.45) is 18.9 Å². The van der Waals surface area contributed by atoms with E-state index in [0.29, 0.717) is 63.1 Å². The molecule has 0 saturated carbocycles. The Hall–Kier alpha value is -5.00. The fourth-order valence-corrected chi connectivity index (χ4v) is 6.64. The lowest BCUT2D eigenvalue weighted by atomic mass is 9.84. The summed E-state index contributed by atoms with van der Waals surface area (Å²) in [5, 5.41) is 5.61. The van der Waals surface area contributed by atoms with Gasteiger partial charge in [-0.05, 0) is 80.8 Å². The second-order valence-electron chi connectivity index (χ2n) is 12.9. The number of fused-ring (bicyclic) bond motifs is 1. The highest BCUT2D eigenvalue weighted by Gasteiger charge is 2.36. The zero-order valence-electron chi connectivity index (χ0n) is 27.8. The fourth-order valence-electron chi connectivity index (χ4n) is 6.64. The molecular formula is C37H40F3N7O2. The first kappa shape index (κ1) is 33.9. The topological polar surface area (TPSA) is 105 Å². The molecule has 2 aliphatic rings. The molecule has 1 aliphatic heterocycles. The van der Waals surface area contributed by atoms with Crippen molar-refractivity contribution in [2.45, 2.75) is 52.1 Å². The number of anilines is 2. The zero-order chi connectivity index (χ0) is 34.7. The molecule has 2 amide bonds. The Balaban J connectivity index is 1.16. The quantitative estimate of drug-likeness (QED) is 0.201. The van der Waals surface area contributed by atoms with Crippen molar-refractivity contribution >= 4 is 34.2 Å². The Morgan fingerprint density at radius 1 is 1.02 bits per heavy atom. The van der Waals surface area contributed by atoms with E-state index in [1.165, 1.54) is 12.1 Å². The molecule has 1 atom stereocenters. The average Bonchev–Trinajstić information content (AvgIpc) is 3.48. The number of carbonyl (C=O) groups is 2. The molecule has 256 valence electrons. The number of nitrogens with zero attached hydrogens (tertiary/aromatic N) is 5. The first-order valence-corrected chi connectivity index (χ1v) is 16.6. The molecule has 1 saturated heterocycles. The number of hydrogen-bond donors (Lipinski definition) is 2. The molecule has 6 rings (SSSR count). The molecule has 1 fully saturated rings. The molecule has 0 bridgehead atoms. The summed E-state index contributed by atoms with van der Waals surface area (Å²) in [5.74, 6) is 0.307. The van der Waals surface area contributed by atoms with Crippen LogP contribution in [0.2, 0.25) is 0 Å². The van der Waals surface area contributed by atoms with E-state index in [9.17, 15) is 22.8 Å². The van der Waals surface area contributed by atoms with E-state index in [-0.39, 0.29) is 29.1 Å². The highest BCUT2D eigenvalue weighted by atomic mass is 19.4. The van der Waals surface area contributed by atoms with Gasteiger partial charge in [0.05, 0.1) is 22.3 Å². The van der Waals surface area contributed by atoms with Crippen LogP contribution in [0.25, 0.3) is 22.4 Å². The minimum Gasteiger partial charge on any atom is -0.371 e. The molecule has 2 N–H and O–H groups in total. The Bertz CT molecular complexity index is 1910. The summed E-state index contributed by atoms with van der Waals surface area (Å²) >= 11 is 0. The third-order valence-electron chi connectivity index (χ3n) is 9.54. The number of alkyl halides is 3. The third-order valence-corrected chi connectivity index (χ3v) is 9.54. The summed E-state index contributed by atoms with van der Waals surface area (Å²) < 4.78 is 45.0. The molecule has 1 aromatic carbocycles. The van der Waals surface area contributed by atoms with Gasteiger partial charge in [0.2, 0.25) is 5.91 Å². The van der Waals surface area contributed by atoms with E-state index in [4.69, 9.17) is 9.97 Å². The van der Waals surface area contributed by atoms with E-state index in [2.05, 4.69) is 15.6 Å². The van der Waals surface area contributed by atoms with Crippen molar-refractivity contribution in [3.05, 3.63) is 89.5 Å². The molecule has 4 heterocycles. The van der Waals surface area contributed by atoms with Gasteiger partial charge in [0.15, 0.2) is 5.82 Å². The summed E-state index contributed by atoms with van der Waals surface area (Å²) in [5.41, 5.74) is 4.41. The smallest absolute Gasteiger partial charge is 0.371 e. The number of aryl methyl sites for hydroxylation is 1. The molecule has 0 spiro atoms. The number of halogens is 3. The normalized spacial score (nSPS) is 17.1. The SMILES string of the molecule is CCC(=O)NCC1CCN(c2ccc(NC(=O)C3=CC=C(C)C(Cc4nc(-c5ccncc5)nc5ccn(C)c45)C3)cc2C(F)(F)F)CC1. The lowest BCUT2D eigenvalue weighted by molar-refractivity contribution is -0.137. The van der Waals surface area contributed by atoms with Gasteiger partial charge in [-0.25, -0.2) is 9.97 Å². The number of allylic oxidation sites excluding steroid dienone is 3. The number of benzene rings is 1. The molecular weight excluding hydrogens is 631 g/mol. The summed E-state index contributed by atoms with van der Waals surface area (Å²) in [4.78, 5) is 40.6. The number of rotatable bonds is 9. The summed E-state index contributed by atoms with van der Waals surface area (Å²) in [7, 11) is 1.95. The number of amides is 2. The number of nitrogens with one attached hydrogen (secondary N) is 2. The van der Waals surface area contributed by atoms with Crippen molar-refractivity contribution in [2.75, 3.05) is 29.9 Å². The predicted octanol–water partition coefficient (Wildman–Crippen LogP) is 6.87. The summed E-state index contributed by atoms with van der Waals surface area (Å²) in [6.45, 7) is 5.24. The van der Waals surface area contributed by atoms with Gasteiger partial charge in [-0.2, -0.15) is 13.2 Å². The van der Waals surface area contributed by atoms with Gasteiger partial charge in [-0.15, -0.1) is 0 Å². The highest BCUT2D eigenvalue weighted by molar-refractivity contribution is 6.04. The molecule has 12 heteroatoms. The lowest BCUT2D eigenvalue weighted by Gasteiger charge is -2.35. The van der Waals surface area contributed by atoms with Crippen LogP contribution in [0, 0.1) is 11.8 Å². The van der Waals surface area contributed by atoms with Crippen molar-refractivity contribution in [3.63, 3.8) is 0 Å². The maximum atomic E-state index is 14.3. The van der Waals surface area contributed by atoms with Gasteiger partial charge in [0.25, 0.3) is 5.91 Å². The van der Waals surface area contributed by atoms with E-state index >= 15 is 0 Å². The van der Waals surface area contributed by atoms with Crippen molar-refractivity contribution in [1.29, 1.82) is 0 Å². The standard InChI is InChI=1S/C37H40F3N7O2/c1-4-33(48)42-22-24-11-17-47(18-12-24)32-8-7-28(21-29(32)37(38,39)40)43-36(49)26-6-5-23(2)27(19-26)20-31-34-30(13-16-46(34)3)44-35(45-31)25-9-14-41-15-10-25/h5-10,13-16,21,24,27H,4,11-12,17-20,22H2,1-3H3,(H,42,48)(H,43,49). The predicted molar refractivity (Wildman–Crippen MR) is 184 cm³/mol. The van der Waals surface area contributed by atoms with E-state index in [1.807, 2.05) is 49.0 Å². The Labute approximate surface area is 283 Å². The molecule has 49 heavy (non-hydrogen) atoms. The van der Waals surface area contributed by atoms with Crippen LogP contribution in [0.1, 0.15) is 50.8 Å². The van der Waals surface area contributed by atoms with Crippen LogP contribution in [-0.4, -0.2) is 51.0 Å². The van der Waals surface area contributed by atoms with Crippen molar-refractivity contribution in [3.8, 4) is 11.4 Å². The van der Waals surface area contributed by atoms with Gasteiger partial charge >= 0.3 is 6.18 Å². The lowest BCUT2D eigenvalue weighted by Crippen LogP contribution is -2.39. The third kappa shape index (κ3) is 7.68. The van der Waals surface area contributed by atoms with E-state index in [1.54, 1.807) is 30.3 Å². The summed E-state index contributed by atoms with van der Waals surface area (Å²) in [6.07, 6.45) is 7.10. The number of hydrogen-bond acceptors (Lipinski definition) is 6. The second kappa shape index (κ2) is 14.2. The van der Waals surface area contributed by atoms with E-state index in [0.717, 1.165) is 33.9 Å². The Morgan fingerprint density at radius 2 is 1.78 bits per heavy atom. The largest absolute Gasteiger partial charge is 0.418 e. The second-order valence-corrected chi connectivity index (χ2v) is 12.9. The molecule has 1 unspecified atom stereocenters. The Morgan fingerprint density at radius 3 is 2.49 bits per heavy atom. The van der Waals surface area contributed by atoms with E-state index < -0.39 is 17.6 Å². The van der Waals surface area contributed by atoms with Gasteiger partial charge in [-0.1, -0.05) is 24.6 Å². The molecule has 3 aromatic heterocycles. The van der Waals surface area contributed by atoms with Crippen LogP contribution in [0.3, 0.4) is 0 Å². The van der Waals surface area contributed by atoms with Crippen LogP contribution in [0.15, 0.2) is 78.3 Å². The first-order chi connectivity index (χ1) is 23.5.